The molecule has 218 valence electrons. The van der Waals surface area contributed by atoms with E-state index in [0.717, 1.165) is 56.4 Å². The van der Waals surface area contributed by atoms with Crippen LogP contribution in [0, 0.1) is 11.3 Å². The van der Waals surface area contributed by atoms with Gasteiger partial charge in [-0.15, -0.1) is 22.7 Å². The first kappa shape index (κ1) is 29.0. The summed E-state index contributed by atoms with van der Waals surface area (Å²) in [6, 6.07) is 35.1. The Morgan fingerprint density at radius 2 is 1.30 bits per heavy atom. The van der Waals surface area contributed by atoms with E-state index in [0.29, 0.717) is 0 Å². The number of aryl methyl sites for hydroxylation is 2. The summed E-state index contributed by atoms with van der Waals surface area (Å²) >= 11 is 3.28. The smallest absolute Gasteiger partial charge is 0.346 e. The highest BCUT2D eigenvalue weighted by molar-refractivity contribution is 7.21. The minimum absolute atomic E-state index is 0.261. The molecule has 0 saturated heterocycles. The number of fused-ring (bicyclic) bond motifs is 2. The van der Waals surface area contributed by atoms with E-state index in [-0.39, 0.29) is 5.57 Å². The zero-order valence-electron chi connectivity index (χ0n) is 24.1. The maximum atomic E-state index is 11.2. The van der Waals surface area contributed by atoms with Crippen molar-refractivity contribution >= 4 is 72.0 Å². The number of ether oxygens (including phenoxy) is 2. The number of methoxy groups -OCH3 is 2. The Hall–Kier alpha value is -5.10. The van der Waals surface area contributed by atoms with Crippen LogP contribution in [0.5, 0.6) is 11.5 Å². The fourth-order valence-corrected chi connectivity index (χ4v) is 7.25. The van der Waals surface area contributed by atoms with Gasteiger partial charge < -0.3 is 19.5 Å². The largest absolute Gasteiger partial charge is 0.497 e. The molecule has 0 radical (unpaired) electrons. The SMILES string of the molecule is COc1ccc(N(c2ccc(CCc3cc4cc5sc(C=C(C#N)C(=O)O)cc5cc4s3)cc2)c2ccc(OC)cc2)cc1. The van der Waals surface area contributed by atoms with Crippen molar-refractivity contribution in [1.82, 2.24) is 0 Å². The summed E-state index contributed by atoms with van der Waals surface area (Å²) in [5.74, 6) is 0.412. The Kier molecular flexibility index (Phi) is 8.33. The first-order valence-electron chi connectivity index (χ1n) is 13.9. The van der Waals surface area contributed by atoms with Crippen molar-refractivity contribution in [2.75, 3.05) is 19.1 Å². The van der Waals surface area contributed by atoms with Gasteiger partial charge in [0, 0.05) is 36.2 Å². The minimum Gasteiger partial charge on any atom is -0.497 e. The zero-order valence-corrected chi connectivity index (χ0v) is 25.7. The molecule has 0 aliphatic carbocycles. The van der Waals surface area contributed by atoms with Gasteiger partial charge in [0.2, 0.25) is 0 Å². The number of benzene rings is 4. The normalized spacial score (nSPS) is 11.4. The van der Waals surface area contributed by atoms with Gasteiger partial charge in [-0.2, -0.15) is 5.26 Å². The second-order valence-corrected chi connectivity index (χ2v) is 12.4. The number of carboxylic acids is 1. The van der Waals surface area contributed by atoms with Crippen LogP contribution in [0.1, 0.15) is 15.3 Å². The highest BCUT2D eigenvalue weighted by atomic mass is 32.1. The van der Waals surface area contributed by atoms with Crippen LogP contribution in [0.25, 0.3) is 26.2 Å². The fourth-order valence-electron chi connectivity index (χ4n) is 5.12. The molecule has 1 N–H and O–H groups in total. The summed E-state index contributed by atoms with van der Waals surface area (Å²) in [6.07, 6.45) is 3.30. The molecule has 6 rings (SSSR count). The van der Waals surface area contributed by atoms with Gasteiger partial charge in [-0.1, -0.05) is 12.1 Å². The van der Waals surface area contributed by atoms with Crippen molar-refractivity contribution in [2.45, 2.75) is 12.8 Å². The van der Waals surface area contributed by atoms with Crippen molar-refractivity contribution in [3.8, 4) is 17.6 Å². The average molecular weight is 617 g/mol. The number of aliphatic carboxylic acids is 1. The maximum absolute atomic E-state index is 11.2. The van der Waals surface area contributed by atoms with Crippen LogP contribution in [0.4, 0.5) is 17.1 Å². The average Bonchev–Trinajstić information content (AvgIpc) is 3.64. The zero-order chi connectivity index (χ0) is 30.6. The third-order valence-electron chi connectivity index (χ3n) is 7.38. The van der Waals surface area contributed by atoms with Crippen LogP contribution in [0.15, 0.2) is 103 Å². The number of anilines is 3. The third-order valence-corrected chi connectivity index (χ3v) is 9.58. The molecule has 0 bridgehead atoms. The molecule has 0 unspecified atom stereocenters. The fraction of sp³-hybridized carbons (Fsp3) is 0.111. The topological polar surface area (TPSA) is 82.8 Å². The summed E-state index contributed by atoms with van der Waals surface area (Å²) in [5, 5.41) is 20.5. The van der Waals surface area contributed by atoms with E-state index in [4.69, 9.17) is 19.8 Å². The van der Waals surface area contributed by atoms with Gasteiger partial charge in [-0.25, -0.2) is 4.79 Å². The molecule has 6 nitrogen and oxygen atoms in total. The highest BCUT2D eigenvalue weighted by Gasteiger charge is 2.14. The summed E-state index contributed by atoms with van der Waals surface area (Å²) in [5.41, 5.74) is 4.13. The van der Waals surface area contributed by atoms with Gasteiger partial charge in [-0.05, 0) is 120 Å². The Morgan fingerprint density at radius 1 is 0.773 bits per heavy atom. The van der Waals surface area contributed by atoms with E-state index in [1.165, 1.54) is 37.9 Å². The van der Waals surface area contributed by atoms with Crippen LogP contribution < -0.4 is 14.4 Å². The summed E-state index contributed by atoms with van der Waals surface area (Å²) in [6.45, 7) is 0. The molecule has 0 fully saturated rings. The molecule has 44 heavy (non-hydrogen) atoms. The van der Waals surface area contributed by atoms with E-state index < -0.39 is 5.97 Å². The molecule has 0 amide bonds. The number of nitrogens with zero attached hydrogens (tertiary/aromatic N) is 2. The summed E-state index contributed by atoms with van der Waals surface area (Å²) in [4.78, 5) is 15.5. The molecular weight excluding hydrogens is 589 g/mol. The second kappa shape index (κ2) is 12.6. The van der Waals surface area contributed by atoms with Crippen LogP contribution >= 0.6 is 22.7 Å². The monoisotopic (exact) mass is 616 g/mol. The summed E-state index contributed by atoms with van der Waals surface area (Å²) in [7, 11) is 3.34. The maximum Gasteiger partial charge on any atom is 0.346 e. The van der Waals surface area contributed by atoms with Crippen molar-refractivity contribution in [3.63, 3.8) is 0 Å². The molecule has 0 aliphatic heterocycles. The van der Waals surface area contributed by atoms with Crippen LogP contribution in [0.2, 0.25) is 0 Å². The Labute approximate surface area is 263 Å². The molecule has 2 aromatic heterocycles. The predicted molar refractivity (Wildman–Crippen MR) is 180 cm³/mol. The standard InChI is InChI=1S/C36H28N2O4S2/c1-41-30-12-8-28(9-13-30)38(29-10-14-31(42-2)15-11-29)27-6-3-23(4-7-27)5-16-32-17-24-20-35-25(21-34(24)43-32)18-33(44-35)19-26(22-37)36(39)40/h3-4,6-15,17-21H,5,16H2,1-2H3,(H,39,40). The van der Waals surface area contributed by atoms with E-state index in [1.807, 2.05) is 30.3 Å². The molecule has 8 heteroatoms. The number of carbonyl (C=O) groups is 1. The molecule has 0 saturated carbocycles. The van der Waals surface area contributed by atoms with E-state index >= 15 is 0 Å². The van der Waals surface area contributed by atoms with E-state index in [2.05, 4.69) is 71.6 Å². The van der Waals surface area contributed by atoms with E-state index in [9.17, 15) is 4.79 Å². The molecule has 0 aliphatic rings. The lowest BCUT2D eigenvalue weighted by Crippen LogP contribution is -2.10. The van der Waals surface area contributed by atoms with Gasteiger partial charge >= 0.3 is 5.97 Å². The number of hydrogen-bond acceptors (Lipinski definition) is 7. The van der Waals surface area contributed by atoms with Crippen LogP contribution in [0.3, 0.4) is 0 Å². The molecular formula is C36H28N2O4S2. The van der Waals surface area contributed by atoms with E-state index in [1.54, 1.807) is 31.6 Å². The Bertz CT molecular complexity index is 1920. The van der Waals surface area contributed by atoms with Gasteiger partial charge in [0.05, 0.1) is 14.2 Å². The van der Waals surface area contributed by atoms with Gasteiger partial charge in [0.15, 0.2) is 0 Å². The van der Waals surface area contributed by atoms with Gasteiger partial charge in [-0.3, -0.25) is 0 Å². The molecule has 4 aromatic carbocycles. The quantitative estimate of drug-likeness (QED) is 0.122. The highest BCUT2D eigenvalue weighted by Crippen LogP contribution is 2.37. The number of nitriles is 1. The molecule has 0 atom stereocenters. The molecule has 2 heterocycles. The van der Waals surface area contributed by atoms with Crippen LogP contribution in [-0.4, -0.2) is 25.3 Å². The molecule has 0 spiro atoms. The lowest BCUT2D eigenvalue weighted by Gasteiger charge is -2.26. The number of carboxylic acid groups (broad SMARTS) is 1. The molecule has 6 aromatic rings. The number of rotatable bonds is 10. The minimum atomic E-state index is -1.21. The third kappa shape index (κ3) is 6.16. The predicted octanol–water partition coefficient (Wildman–Crippen LogP) is 9.38. The number of thiophene rings is 2. The lowest BCUT2D eigenvalue weighted by atomic mass is 10.1. The first-order valence-corrected chi connectivity index (χ1v) is 15.6. The van der Waals surface area contributed by atoms with Gasteiger partial charge in [0.25, 0.3) is 0 Å². The Balaban J connectivity index is 1.20. The van der Waals surface area contributed by atoms with Crippen molar-refractivity contribution in [2.24, 2.45) is 0 Å². The van der Waals surface area contributed by atoms with Gasteiger partial charge in [0.1, 0.15) is 23.1 Å². The van der Waals surface area contributed by atoms with Crippen molar-refractivity contribution in [1.29, 1.82) is 5.26 Å². The van der Waals surface area contributed by atoms with Crippen LogP contribution in [-0.2, 0) is 17.6 Å². The Morgan fingerprint density at radius 3 is 1.82 bits per heavy atom. The summed E-state index contributed by atoms with van der Waals surface area (Å²) < 4.78 is 13.0. The second-order valence-electron chi connectivity index (χ2n) is 10.2. The van der Waals surface area contributed by atoms with Crippen molar-refractivity contribution < 1.29 is 19.4 Å². The number of hydrogen-bond donors (Lipinski definition) is 1. The lowest BCUT2D eigenvalue weighted by molar-refractivity contribution is -0.132. The first-order chi connectivity index (χ1) is 21.4. The van der Waals surface area contributed by atoms with Crippen molar-refractivity contribution in [3.05, 3.63) is 118 Å².